The Kier molecular flexibility index (Phi) is 6.22. The number of anilines is 1. The number of ether oxygens (including phenoxy) is 1. The van der Waals surface area contributed by atoms with Gasteiger partial charge in [-0.15, -0.1) is 0 Å². The summed E-state index contributed by atoms with van der Waals surface area (Å²) < 4.78 is 23.1. The van der Waals surface area contributed by atoms with Gasteiger partial charge in [-0.1, -0.05) is 41.9 Å². The van der Waals surface area contributed by atoms with Gasteiger partial charge in [-0.05, 0) is 55.3 Å². The summed E-state index contributed by atoms with van der Waals surface area (Å²) in [6.07, 6.45) is 1.83. The third-order valence-electron chi connectivity index (χ3n) is 9.26. The van der Waals surface area contributed by atoms with Crippen LogP contribution < -0.4 is 21.0 Å². The Hall–Kier alpha value is -4.90. The zero-order valence-corrected chi connectivity index (χ0v) is 24.4. The molecule has 3 aliphatic rings. The zero-order chi connectivity index (χ0) is 31.1. The predicted octanol–water partition coefficient (Wildman–Crippen LogP) is 4.17. The first-order valence-electron chi connectivity index (χ1n) is 14.0. The molecule has 10 nitrogen and oxygen atoms in total. The maximum absolute atomic E-state index is 14.4. The molecule has 1 N–H and O–H groups in total. The smallest absolute Gasteiger partial charge is 0.352 e. The van der Waals surface area contributed by atoms with Crippen LogP contribution in [0, 0.1) is 17.2 Å². The monoisotopic (exact) mass is 616 g/mol. The molecule has 12 heteroatoms. The first kappa shape index (κ1) is 27.9. The van der Waals surface area contributed by atoms with Crippen molar-refractivity contribution in [2.45, 2.75) is 31.8 Å². The number of allylic oxidation sites excluding steroid dienone is 2. The van der Waals surface area contributed by atoms with Crippen molar-refractivity contribution < 1.29 is 23.8 Å². The van der Waals surface area contributed by atoms with E-state index in [1.54, 1.807) is 55.5 Å². The van der Waals surface area contributed by atoms with Gasteiger partial charge in [0.05, 0.1) is 47.4 Å². The largest absolute Gasteiger partial charge is 0.508 e. The van der Waals surface area contributed by atoms with Crippen LogP contribution in [0.15, 0.2) is 88.0 Å². The normalized spacial score (nSPS) is 24.0. The van der Waals surface area contributed by atoms with Gasteiger partial charge in [0.15, 0.2) is 0 Å². The van der Waals surface area contributed by atoms with Gasteiger partial charge in [-0.3, -0.25) is 9.59 Å². The van der Waals surface area contributed by atoms with E-state index in [4.69, 9.17) is 16.3 Å². The molecular weight excluding hydrogens is 591 g/mol. The molecule has 3 heterocycles. The number of fused-ring (bicyclic) bond motifs is 4. The second-order valence-corrected chi connectivity index (χ2v) is 11.8. The van der Waals surface area contributed by atoms with Crippen LogP contribution in [0.3, 0.4) is 0 Å². The van der Waals surface area contributed by atoms with E-state index in [0.717, 1.165) is 15.5 Å². The lowest BCUT2D eigenvalue weighted by Gasteiger charge is -2.47. The minimum atomic E-state index is -1.42. The lowest BCUT2D eigenvalue weighted by molar-refractivity contribution is -0.129. The fraction of sp³-hybridized carbons (Fsp3) is 0.250. The number of hydrogen-bond acceptors (Lipinski definition) is 6. The summed E-state index contributed by atoms with van der Waals surface area (Å²) in [6, 6.07) is 16.1. The fourth-order valence-corrected chi connectivity index (χ4v) is 7.36. The Morgan fingerprint density at radius 3 is 2.41 bits per heavy atom. The lowest BCUT2D eigenvalue weighted by Crippen LogP contribution is -2.49. The molecule has 0 radical (unpaired) electrons. The second-order valence-electron chi connectivity index (χ2n) is 11.4. The summed E-state index contributed by atoms with van der Waals surface area (Å²) in [6.45, 7) is 1.71. The van der Waals surface area contributed by atoms with Crippen LogP contribution in [0.2, 0.25) is 5.02 Å². The fourth-order valence-electron chi connectivity index (χ4n) is 7.18. The maximum Gasteiger partial charge on any atom is 0.352 e. The number of nitrogens with zero attached hydrogens (tertiary/aromatic N) is 4. The summed E-state index contributed by atoms with van der Waals surface area (Å²) in [5.74, 6) is -3.41. The average Bonchev–Trinajstić information content (AvgIpc) is 3.39. The Bertz CT molecular complexity index is 2030. The molecule has 1 aromatic heterocycles. The highest BCUT2D eigenvalue weighted by atomic mass is 35.5. The van der Waals surface area contributed by atoms with Crippen molar-refractivity contribution in [2.24, 2.45) is 11.3 Å². The van der Waals surface area contributed by atoms with Crippen molar-refractivity contribution in [3.8, 4) is 17.2 Å². The molecule has 0 spiro atoms. The minimum absolute atomic E-state index is 0.0316. The number of methoxy groups -OCH3 is 1. The van der Waals surface area contributed by atoms with E-state index in [1.807, 2.05) is 0 Å². The number of para-hydroxylation sites is 1. The molecule has 44 heavy (non-hydrogen) atoms. The molecule has 7 rings (SSSR count). The molecule has 2 amide bonds. The summed E-state index contributed by atoms with van der Waals surface area (Å²) in [4.78, 5) is 57.1. The number of amides is 2. The number of carbonyl (C=O) groups excluding carboxylic acids is 2. The second kappa shape index (κ2) is 9.81. The van der Waals surface area contributed by atoms with Gasteiger partial charge in [-0.2, -0.15) is 0 Å². The number of aromatic nitrogens is 3. The molecule has 3 aromatic carbocycles. The molecule has 4 atom stereocenters. The summed E-state index contributed by atoms with van der Waals surface area (Å²) in [7, 11) is 1.46. The van der Waals surface area contributed by atoms with E-state index < -0.39 is 52.3 Å². The number of carbonyl (C=O) groups is 2. The predicted molar refractivity (Wildman–Crippen MR) is 159 cm³/mol. The van der Waals surface area contributed by atoms with Crippen LogP contribution in [-0.2, 0) is 16.1 Å². The van der Waals surface area contributed by atoms with Crippen LogP contribution >= 0.6 is 11.6 Å². The molecule has 1 saturated heterocycles. The van der Waals surface area contributed by atoms with E-state index in [-0.39, 0.29) is 29.4 Å². The number of halogens is 2. The molecule has 2 aliphatic heterocycles. The van der Waals surface area contributed by atoms with Crippen LogP contribution in [0.4, 0.5) is 10.1 Å². The Labute approximate surface area is 254 Å². The molecule has 1 aliphatic carbocycles. The minimum Gasteiger partial charge on any atom is -0.508 e. The third kappa shape index (κ3) is 3.71. The Balaban J connectivity index is 1.45. The molecule has 224 valence electrons. The Morgan fingerprint density at radius 2 is 1.73 bits per heavy atom. The lowest BCUT2D eigenvalue weighted by atomic mass is 9.56. The average molecular weight is 617 g/mol. The maximum atomic E-state index is 14.4. The number of phenolic OH excluding ortho intramolecular Hbond substituents is 1. The van der Waals surface area contributed by atoms with Crippen molar-refractivity contribution in [2.75, 3.05) is 12.0 Å². The number of phenols is 1. The first-order chi connectivity index (χ1) is 21.1. The van der Waals surface area contributed by atoms with E-state index >= 15 is 0 Å². The van der Waals surface area contributed by atoms with Gasteiger partial charge in [-0.25, -0.2) is 32.8 Å². The van der Waals surface area contributed by atoms with Crippen molar-refractivity contribution in [3.05, 3.63) is 116 Å². The van der Waals surface area contributed by atoms with Crippen LogP contribution in [-0.4, -0.2) is 38.0 Å². The van der Waals surface area contributed by atoms with Crippen molar-refractivity contribution >= 4 is 29.1 Å². The van der Waals surface area contributed by atoms with Gasteiger partial charge in [0.2, 0.25) is 11.8 Å². The van der Waals surface area contributed by atoms with Gasteiger partial charge >= 0.3 is 11.4 Å². The third-order valence-corrected chi connectivity index (χ3v) is 9.55. The van der Waals surface area contributed by atoms with Crippen molar-refractivity contribution in [1.82, 2.24) is 13.9 Å². The topological polar surface area (TPSA) is 116 Å². The number of hydrogen-bond donors (Lipinski definition) is 1. The highest BCUT2D eigenvalue weighted by Crippen LogP contribution is 2.62. The number of rotatable bonds is 4. The van der Waals surface area contributed by atoms with Gasteiger partial charge < -0.3 is 9.84 Å². The Morgan fingerprint density at radius 1 is 0.977 bits per heavy atom. The molecule has 1 saturated carbocycles. The van der Waals surface area contributed by atoms with Crippen molar-refractivity contribution in [1.29, 1.82) is 0 Å². The molecular formula is C32H26ClFN4O6. The van der Waals surface area contributed by atoms with E-state index in [9.17, 15) is 28.7 Å². The van der Waals surface area contributed by atoms with Crippen molar-refractivity contribution in [3.63, 3.8) is 0 Å². The zero-order valence-electron chi connectivity index (χ0n) is 23.6. The first-order valence-corrected chi connectivity index (χ1v) is 14.4. The standard InChI is InChI=1S/C32H26ClFN4O6/c1-32-22(28(40)36(29(32)41)18-8-11-24(34)23(33)14-18)16-25-20(27(32)21-10-9-19(44-2)15-26(21)39)12-13-35-30(42)37(31(43)38(25)35)17-6-4-3-5-7-17/h3-12,14-15,22,25,27,39H,13,16H2,1-2H3/t22-,25+,27+,32+/m0/s1. The molecule has 4 aromatic rings. The summed E-state index contributed by atoms with van der Waals surface area (Å²) in [5.41, 5.74) is -1.05. The molecule has 0 bridgehead atoms. The number of imide groups is 1. The molecule has 0 unspecified atom stereocenters. The highest BCUT2D eigenvalue weighted by molar-refractivity contribution is 6.31. The van der Waals surface area contributed by atoms with Crippen LogP contribution in [0.25, 0.3) is 5.69 Å². The SMILES string of the molecule is COc1ccc([C@H]2C3=CCn4c(=O)n(-c5ccccc5)c(=O)n4[C@@H]3C[C@H]3C(=O)N(c4ccc(F)c(Cl)c4)C(=O)[C@@]23C)c(O)c1. The number of benzene rings is 3. The quantitative estimate of drug-likeness (QED) is 0.272. The van der Waals surface area contributed by atoms with E-state index in [0.29, 0.717) is 22.6 Å². The van der Waals surface area contributed by atoms with Gasteiger partial charge in [0.25, 0.3) is 0 Å². The van der Waals surface area contributed by atoms with E-state index in [2.05, 4.69) is 0 Å². The summed E-state index contributed by atoms with van der Waals surface area (Å²) in [5, 5.41) is 11.0. The highest BCUT2D eigenvalue weighted by Gasteiger charge is 2.65. The van der Waals surface area contributed by atoms with Gasteiger partial charge in [0.1, 0.15) is 17.3 Å². The number of aromatic hydroxyl groups is 1. The van der Waals surface area contributed by atoms with Crippen LogP contribution in [0.5, 0.6) is 11.5 Å². The van der Waals surface area contributed by atoms with E-state index in [1.165, 1.54) is 34.7 Å². The van der Waals surface area contributed by atoms with Gasteiger partial charge in [0, 0.05) is 17.5 Å². The van der Waals surface area contributed by atoms with Crippen LogP contribution in [0.1, 0.15) is 30.9 Å². The molecule has 2 fully saturated rings. The summed E-state index contributed by atoms with van der Waals surface area (Å²) >= 11 is 6.04.